The molecule has 1 N–H and O–H groups in total. The highest BCUT2D eigenvalue weighted by Crippen LogP contribution is 2.56. The number of anilines is 1. The molecule has 0 aliphatic heterocycles. The summed E-state index contributed by atoms with van der Waals surface area (Å²) in [5.41, 5.74) is 0.915. The molecule has 5 rings (SSSR count). The Morgan fingerprint density at radius 3 is 2.33 bits per heavy atom. The lowest BCUT2D eigenvalue weighted by molar-refractivity contribution is -0.132. The van der Waals surface area contributed by atoms with Crippen molar-refractivity contribution in [3.8, 4) is 0 Å². The van der Waals surface area contributed by atoms with Gasteiger partial charge in [0.2, 0.25) is 5.91 Å². The number of amides is 1. The molecule has 1 amide bonds. The Morgan fingerprint density at radius 2 is 1.76 bits per heavy atom. The summed E-state index contributed by atoms with van der Waals surface area (Å²) in [5.74, 6) is 4.18. The molecule has 1 heterocycles. The Balaban J connectivity index is 1.51. The summed E-state index contributed by atoms with van der Waals surface area (Å²) >= 11 is 3.45. The molecule has 0 aromatic carbocycles. The van der Waals surface area contributed by atoms with Crippen molar-refractivity contribution in [3.63, 3.8) is 0 Å². The van der Waals surface area contributed by atoms with Crippen LogP contribution in [0.4, 0.5) is 5.82 Å². The van der Waals surface area contributed by atoms with Gasteiger partial charge < -0.3 is 5.32 Å². The van der Waals surface area contributed by atoms with Crippen LogP contribution in [-0.2, 0) is 4.79 Å². The average molecular weight is 349 g/mol. The summed E-state index contributed by atoms with van der Waals surface area (Å²) in [6.45, 7) is 1.95. The molecule has 112 valence electrons. The molecule has 4 saturated carbocycles. The van der Waals surface area contributed by atoms with Crippen LogP contribution < -0.4 is 5.32 Å². The average Bonchev–Trinajstić information content (AvgIpc) is 2.41. The predicted molar refractivity (Wildman–Crippen MR) is 85.8 cm³/mol. The van der Waals surface area contributed by atoms with Gasteiger partial charge in [0, 0.05) is 10.4 Å². The van der Waals surface area contributed by atoms with Gasteiger partial charge in [-0.1, -0.05) is 0 Å². The van der Waals surface area contributed by atoms with Crippen LogP contribution in [0.25, 0.3) is 0 Å². The highest BCUT2D eigenvalue weighted by molar-refractivity contribution is 9.10. The van der Waals surface area contributed by atoms with E-state index < -0.39 is 0 Å². The van der Waals surface area contributed by atoms with Crippen molar-refractivity contribution < 1.29 is 4.79 Å². The number of carbonyl (C=O) groups excluding carboxylic acids is 1. The lowest BCUT2D eigenvalue weighted by Crippen LogP contribution is -2.49. The van der Waals surface area contributed by atoms with Crippen LogP contribution in [0.1, 0.15) is 37.8 Å². The first-order valence-electron chi connectivity index (χ1n) is 8.04. The maximum Gasteiger partial charge on any atom is 0.229 e. The molecule has 4 aliphatic rings. The summed E-state index contributed by atoms with van der Waals surface area (Å²) in [4.78, 5) is 17.2. The third-order valence-electron chi connectivity index (χ3n) is 5.80. The number of aryl methyl sites for hydroxylation is 1. The molecule has 4 fully saturated rings. The summed E-state index contributed by atoms with van der Waals surface area (Å²) in [6, 6.07) is 3.83. The van der Waals surface area contributed by atoms with E-state index in [0.717, 1.165) is 22.0 Å². The first-order valence-corrected chi connectivity index (χ1v) is 8.83. The molecule has 3 nitrogen and oxygen atoms in total. The highest BCUT2D eigenvalue weighted by atomic mass is 79.9. The van der Waals surface area contributed by atoms with Crippen LogP contribution in [-0.4, -0.2) is 10.9 Å². The van der Waals surface area contributed by atoms with Crippen LogP contribution in [0.2, 0.25) is 0 Å². The fraction of sp³-hybridized carbons (Fsp3) is 0.647. The molecule has 1 aromatic rings. The van der Waals surface area contributed by atoms with Gasteiger partial charge in [-0.05, 0) is 90.8 Å². The summed E-state index contributed by atoms with van der Waals surface area (Å²) < 4.78 is 0.982. The van der Waals surface area contributed by atoms with Gasteiger partial charge in [0.25, 0.3) is 0 Å². The van der Waals surface area contributed by atoms with Crippen molar-refractivity contribution in [1.29, 1.82) is 0 Å². The van der Waals surface area contributed by atoms with Crippen molar-refractivity contribution in [1.82, 2.24) is 4.98 Å². The van der Waals surface area contributed by atoms with Crippen molar-refractivity contribution >= 4 is 27.7 Å². The van der Waals surface area contributed by atoms with Crippen LogP contribution in [0.15, 0.2) is 16.6 Å². The molecule has 0 unspecified atom stereocenters. The first-order chi connectivity index (χ1) is 10.1. The van der Waals surface area contributed by atoms with Crippen LogP contribution >= 0.6 is 15.9 Å². The number of hydrogen-bond acceptors (Lipinski definition) is 2. The number of rotatable bonds is 2. The van der Waals surface area contributed by atoms with Gasteiger partial charge in [0.1, 0.15) is 5.82 Å². The molecule has 0 radical (unpaired) electrons. The summed E-state index contributed by atoms with van der Waals surface area (Å²) in [6.07, 6.45) is 6.53. The zero-order valence-corrected chi connectivity index (χ0v) is 13.9. The van der Waals surface area contributed by atoms with Crippen LogP contribution in [0.3, 0.4) is 0 Å². The molecule has 21 heavy (non-hydrogen) atoms. The smallest absolute Gasteiger partial charge is 0.229 e. The molecule has 0 atom stereocenters. The van der Waals surface area contributed by atoms with E-state index in [4.69, 9.17) is 0 Å². The van der Waals surface area contributed by atoms with Gasteiger partial charge in [-0.3, -0.25) is 4.79 Å². The second kappa shape index (κ2) is 5.08. The molecule has 4 bridgehead atoms. The maximum absolute atomic E-state index is 12.7. The molecule has 0 spiro atoms. The second-order valence-corrected chi connectivity index (χ2v) is 8.06. The number of hydrogen-bond donors (Lipinski definition) is 1. The largest absolute Gasteiger partial charge is 0.310 e. The zero-order valence-electron chi connectivity index (χ0n) is 12.3. The Labute approximate surface area is 134 Å². The fourth-order valence-corrected chi connectivity index (χ4v) is 5.40. The Bertz CT molecular complexity index is 558. The van der Waals surface area contributed by atoms with Gasteiger partial charge in [-0.2, -0.15) is 0 Å². The number of pyridine rings is 1. The quantitative estimate of drug-likeness (QED) is 0.871. The van der Waals surface area contributed by atoms with Crippen LogP contribution in [0.5, 0.6) is 0 Å². The maximum atomic E-state index is 12.7. The third-order valence-corrected chi connectivity index (χ3v) is 6.64. The van der Waals surface area contributed by atoms with E-state index in [-0.39, 0.29) is 11.8 Å². The van der Waals surface area contributed by atoms with Crippen molar-refractivity contribution in [3.05, 3.63) is 22.3 Å². The van der Waals surface area contributed by atoms with E-state index in [0.29, 0.717) is 17.7 Å². The molecule has 0 saturated heterocycles. The first kappa shape index (κ1) is 13.7. The zero-order chi connectivity index (χ0) is 14.6. The second-order valence-electron chi connectivity index (χ2n) is 7.21. The minimum absolute atomic E-state index is 0.207. The minimum atomic E-state index is 0.207. The lowest BCUT2D eigenvalue weighted by Gasteiger charge is -2.53. The van der Waals surface area contributed by atoms with E-state index in [9.17, 15) is 4.79 Å². The Hall–Kier alpha value is -0.900. The third kappa shape index (κ3) is 2.41. The van der Waals surface area contributed by atoms with E-state index in [1.807, 2.05) is 19.1 Å². The normalized spacial score (nSPS) is 36.8. The number of carbonyl (C=O) groups is 1. The number of nitrogens with one attached hydrogen (secondary N) is 1. The molecular formula is C17H21BrN2O. The van der Waals surface area contributed by atoms with Crippen molar-refractivity contribution in [2.45, 2.75) is 39.0 Å². The van der Waals surface area contributed by atoms with Gasteiger partial charge in [0.15, 0.2) is 0 Å². The monoisotopic (exact) mass is 348 g/mol. The van der Waals surface area contributed by atoms with Crippen molar-refractivity contribution in [2.75, 3.05) is 5.32 Å². The molecule has 1 aromatic heterocycles. The number of halogens is 1. The minimum Gasteiger partial charge on any atom is -0.310 e. The van der Waals surface area contributed by atoms with Gasteiger partial charge in [-0.15, -0.1) is 0 Å². The fourth-order valence-electron chi connectivity index (χ4n) is 5.18. The van der Waals surface area contributed by atoms with E-state index in [1.54, 1.807) is 0 Å². The van der Waals surface area contributed by atoms with Crippen LogP contribution in [0, 0.1) is 36.5 Å². The van der Waals surface area contributed by atoms with Gasteiger partial charge >= 0.3 is 0 Å². The molecule has 4 aliphatic carbocycles. The molecular weight excluding hydrogens is 328 g/mol. The van der Waals surface area contributed by atoms with Gasteiger partial charge in [-0.25, -0.2) is 4.98 Å². The standard InChI is InChI=1S/C17H21BrN2O/c1-9-14(18)2-3-15(19-9)20-17(21)16-12-5-10-4-11(7-12)8-13(16)6-10/h2-3,10-13,16H,4-8H2,1H3,(H,19,20,21). The van der Waals surface area contributed by atoms with Gasteiger partial charge in [0.05, 0.1) is 5.69 Å². The topological polar surface area (TPSA) is 42.0 Å². The summed E-state index contributed by atoms with van der Waals surface area (Å²) in [5, 5.41) is 3.07. The SMILES string of the molecule is Cc1nc(NC(=O)C2C3CC4CC(C3)CC2C4)ccc1Br. The summed E-state index contributed by atoms with van der Waals surface area (Å²) in [7, 11) is 0. The predicted octanol–water partition coefficient (Wildman–Crippen LogP) is 4.16. The number of nitrogens with zero attached hydrogens (tertiary/aromatic N) is 1. The highest BCUT2D eigenvalue weighted by Gasteiger charge is 2.50. The number of aromatic nitrogens is 1. The van der Waals surface area contributed by atoms with Crippen molar-refractivity contribution in [2.24, 2.45) is 29.6 Å². The van der Waals surface area contributed by atoms with E-state index in [1.165, 1.54) is 32.1 Å². The van der Waals surface area contributed by atoms with E-state index >= 15 is 0 Å². The van der Waals surface area contributed by atoms with E-state index in [2.05, 4.69) is 26.2 Å². The Kier molecular flexibility index (Phi) is 3.32. The molecule has 4 heteroatoms. The Morgan fingerprint density at radius 1 is 1.14 bits per heavy atom. The lowest BCUT2D eigenvalue weighted by atomic mass is 9.51.